The molecule has 1 amide bonds. The van der Waals surface area contributed by atoms with Gasteiger partial charge < -0.3 is 19.8 Å². The van der Waals surface area contributed by atoms with Crippen LogP contribution in [0.2, 0.25) is 0 Å². The lowest BCUT2D eigenvalue weighted by molar-refractivity contribution is 0.0949. The van der Waals surface area contributed by atoms with E-state index in [2.05, 4.69) is 10.3 Å². The highest BCUT2D eigenvalue weighted by Gasteiger charge is 2.17. The molecule has 126 valence electrons. The fraction of sp³-hybridized carbons (Fsp3) is 0.158. The lowest BCUT2D eigenvalue weighted by atomic mass is 10.0. The SMILES string of the molecule is Cc1c(C(=O)NCc2ccc3c(c2)OCO3)c(=O)[nH]c2ccccc12. The molecule has 1 aliphatic heterocycles. The first-order valence-electron chi connectivity index (χ1n) is 7.92. The van der Waals surface area contributed by atoms with E-state index in [4.69, 9.17) is 9.47 Å². The summed E-state index contributed by atoms with van der Waals surface area (Å²) in [5, 5.41) is 3.65. The summed E-state index contributed by atoms with van der Waals surface area (Å²) >= 11 is 0. The molecule has 25 heavy (non-hydrogen) atoms. The number of fused-ring (bicyclic) bond motifs is 2. The van der Waals surface area contributed by atoms with Crippen molar-refractivity contribution in [2.24, 2.45) is 0 Å². The van der Waals surface area contributed by atoms with E-state index in [-0.39, 0.29) is 17.9 Å². The fourth-order valence-electron chi connectivity index (χ4n) is 3.00. The number of benzene rings is 2. The molecule has 0 saturated heterocycles. The molecule has 0 atom stereocenters. The van der Waals surface area contributed by atoms with Gasteiger partial charge in [-0.3, -0.25) is 9.59 Å². The molecule has 0 aliphatic carbocycles. The minimum atomic E-state index is -0.401. The quantitative estimate of drug-likeness (QED) is 0.770. The van der Waals surface area contributed by atoms with Crippen molar-refractivity contribution in [1.29, 1.82) is 0 Å². The number of pyridine rings is 1. The number of carbonyl (C=O) groups excluding carboxylic acids is 1. The predicted molar refractivity (Wildman–Crippen MR) is 93.0 cm³/mol. The maximum Gasteiger partial charge on any atom is 0.261 e. The van der Waals surface area contributed by atoms with Crippen molar-refractivity contribution in [3.63, 3.8) is 0 Å². The number of rotatable bonds is 3. The summed E-state index contributed by atoms with van der Waals surface area (Å²) in [6.07, 6.45) is 0. The zero-order valence-corrected chi connectivity index (χ0v) is 13.6. The van der Waals surface area contributed by atoms with Gasteiger partial charge in [0.25, 0.3) is 11.5 Å². The van der Waals surface area contributed by atoms with Crippen LogP contribution in [0.25, 0.3) is 10.9 Å². The molecule has 6 heteroatoms. The molecule has 2 heterocycles. The average Bonchev–Trinajstić information content (AvgIpc) is 3.07. The van der Waals surface area contributed by atoms with Gasteiger partial charge in [-0.25, -0.2) is 0 Å². The lowest BCUT2D eigenvalue weighted by Gasteiger charge is -2.10. The highest BCUT2D eigenvalue weighted by atomic mass is 16.7. The van der Waals surface area contributed by atoms with Gasteiger partial charge in [-0.05, 0) is 36.2 Å². The highest BCUT2D eigenvalue weighted by Crippen LogP contribution is 2.32. The summed E-state index contributed by atoms with van der Waals surface area (Å²) in [5.41, 5.74) is 2.01. The van der Waals surface area contributed by atoms with E-state index < -0.39 is 5.91 Å². The van der Waals surface area contributed by atoms with Crippen molar-refractivity contribution in [2.45, 2.75) is 13.5 Å². The lowest BCUT2D eigenvalue weighted by Crippen LogP contribution is -2.30. The number of hydrogen-bond acceptors (Lipinski definition) is 4. The van der Waals surface area contributed by atoms with Gasteiger partial charge in [-0.1, -0.05) is 24.3 Å². The number of aromatic nitrogens is 1. The molecule has 3 aromatic rings. The Balaban J connectivity index is 1.59. The number of ether oxygens (including phenoxy) is 2. The fourth-order valence-corrected chi connectivity index (χ4v) is 3.00. The number of amides is 1. The van der Waals surface area contributed by atoms with Crippen LogP contribution in [0, 0.1) is 6.92 Å². The van der Waals surface area contributed by atoms with Crippen molar-refractivity contribution in [1.82, 2.24) is 10.3 Å². The molecule has 0 radical (unpaired) electrons. The number of H-pyrrole nitrogens is 1. The number of aromatic amines is 1. The maximum atomic E-state index is 12.6. The van der Waals surface area contributed by atoms with Gasteiger partial charge >= 0.3 is 0 Å². The standard InChI is InChI=1S/C19H16N2O4/c1-11-13-4-2-3-5-14(13)21-19(23)17(11)18(22)20-9-12-6-7-15-16(8-12)25-10-24-15/h2-8H,9-10H2,1H3,(H,20,22)(H,21,23). The van der Waals surface area contributed by atoms with Crippen LogP contribution in [-0.4, -0.2) is 17.7 Å². The molecule has 0 spiro atoms. The molecule has 0 fully saturated rings. The minimum Gasteiger partial charge on any atom is -0.454 e. The monoisotopic (exact) mass is 336 g/mol. The Morgan fingerprint density at radius 3 is 2.84 bits per heavy atom. The average molecular weight is 336 g/mol. The van der Waals surface area contributed by atoms with Gasteiger partial charge in [0, 0.05) is 17.4 Å². The van der Waals surface area contributed by atoms with Crippen LogP contribution in [0.5, 0.6) is 11.5 Å². The van der Waals surface area contributed by atoms with Crippen molar-refractivity contribution in [3.05, 3.63) is 69.5 Å². The minimum absolute atomic E-state index is 0.138. The van der Waals surface area contributed by atoms with Gasteiger partial charge in [-0.2, -0.15) is 0 Å². The first kappa shape index (κ1) is 15.3. The van der Waals surface area contributed by atoms with E-state index in [0.717, 1.165) is 16.5 Å². The Bertz CT molecular complexity index is 1040. The third kappa shape index (κ3) is 2.71. The first-order chi connectivity index (χ1) is 12.1. The Kier molecular flexibility index (Phi) is 3.65. The molecule has 1 aromatic heterocycles. The van der Waals surface area contributed by atoms with Crippen LogP contribution >= 0.6 is 0 Å². The van der Waals surface area contributed by atoms with Crippen LogP contribution < -0.4 is 20.3 Å². The molecule has 6 nitrogen and oxygen atoms in total. The van der Waals surface area contributed by atoms with E-state index in [1.54, 1.807) is 13.0 Å². The summed E-state index contributed by atoms with van der Waals surface area (Å²) in [7, 11) is 0. The van der Waals surface area contributed by atoms with E-state index in [9.17, 15) is 9.59 Å². The first-order valence-corrected chi connectivity index (χ1v) is 7.92. The van der Waals surface area contributed by atoms with Crippen molar-refractivity contribution >= 4 is 16.8 Å². The number of para-hydroxylation sites is 1. The van der Waals surface area contributed by atoms with Gasteiger partial charge in [0.2, 0.25) is 6.79 Å². The molecule has 0 unspecified atom stereocenters. The van der Waals surface area contributed by atoms with Crippen molar-refractivity contribution in [3.8, 4) is 11.5 Å². The predicted octanol–water partition coefficient (Wildman–Crippen LogP) is 2.50. The normalized spacial score (nSPS) is 12.4. The zero-order valence-electron chi connectivity index (χ0n) is 13.6. The molecular weight excluding hydrogens is 320 g/mol. The highest BCUT2D eigenvalue weighted by molar-refractivity contribution is 5.99. The van der Waals surface area contributed by atoms with Crippen molar-refractivity contribution in [2.75, 3.05) is 6.79 Å². The topological polar surface area (TPSA) is 80.4 Å². The third-order valence-electron chi connectivity index (χ3n) is 4.30. The molecule has 4 rings (SSSR count). The number of aryl methyl sites for hydroxylation is 1. The summed E-state index contributed by atoms with van der Waals surface area (Å²) in [6.45, 7) is 2.28. The van der Waals surface area contributed by atoms with Crippen LogP contribution in [0.15, 0.2) is 47.3 Å². The van der Waals surface area contributed by atoms with E-state index in [1.807, 2.05) is 36.4 Å². The van der Waals surface area contributed by atoms with Gasteiger partial charge in [0.05, 0.1) is 0 Å². The smallest absolute Gasteiger partial charge is 0.261 e. The Labute approximate surface area is 143 Å². The number of nitrogens with one attached hydrogen (secondary N) is 2. The third-order valence-corrected chi connectivity index (χ3v) is 4.30. The largest absolute Gasteiger partial charge is 0.454 e. The van der Waals surface area contributed by atoms with Crippen LogP contribution in [-0.2, 0) is 6.54 Å². The Morgan fingerprint density at radius 1 is 1.16 bits per heavy atom. The maximum absolute atomic E-state index is 12.6. The molecule has 0 bridgehead atoms. The number of hydrogen-bond donors (Lipinski definition) is 2. The molecule has 1 aliphatic rings. The summed E-state index contributed by atoms with van der Waals surface area (Å²) in [6, 6.07) is 12.9. The van der Waals surface area contributed by atoms with Crippen LogP contribution in [0.4, 0.5) is 0 Å². The Hall–Kier alpha value is -3.28. The molecule has 2 N–H and O–H groups in total. The molecule has 2 aromatic carbocycles. The van der Waals surface area contributed by atoms with Gasteiger partial charge in [-0.15, -0.1) is 0 Å². The van der Waals surface area contributed by atoms with Gasteiger partial charge in [0.1, 0.15) is 5.56 Å². The van der Waals surface area contributed by atoms with Crippen LogP contribution in [0.1, 0.15) is 21.5 Å². The second-order valence-corrected chi connectivity index (χ2v) is 5.87. The summed E-state index contributed by atoms with van der Waals surface area (Å²) < 4.78 is 10.6. The summed E-state index contributed by atoms with van der Waals surface area (Å²) in [4.78, 5) is 27.6. The Morgan fingerprint density at radius 2 is 1.96 bits per heavy atom. The zero-order chi connectivity index (χ0) is 17.4. The second-order valence-electron chi connectivity index (χ2n) is 5.87. The van der Waals surface area contributed by atoms with Gasteiger partial charge in [0.15, 0.2) is 11.5 Å². The number of carbonyl (C=O) groups is 1. The van der Waals surface area contributed by atoms with Crippen LogP contribution in [0.3, 0.4) is 0 Å². The van der Waals surface area contributed by atoms with E-state index >= 15 is 0 Å². The van der Waals surface area contributed by atoms with Crippen molar-refractivity contribution < 1.29 is 14.3 Å². The molecular formula is C19H16N2O4. The van der Waals surface area contributed by atoms with E-state index in [1.165, 1.54) is 0 Å². The van der Waals surface area contributed by atoms with E-state index in [0.29, 0.717) is 23.6 Å². The summed E-state index contributed by atoms with van der Waals surface area (Å²) in [5.74, 6) is 0.950. The molecule has 0 saturated carbocycles. The second kappa shape index (κ2) is 5.98.